The number of nitrogens with zero attached hydrogens (tertiary/aromatic N) is 2. The summed E-state index contributed by atoms with van der Waals surface area (Å²) < 4.78 is 0. The van der Waals surface area contributed by atoms with Crippen LogP contribution in [0, 0.1) is 17.0 Å². The third-order valence-corrected chi connectivity index (χ3v) is 2.89. The van der Waals surface area contributed by atoms with Crippen LogP contribution < -0.4 is 5.43 Å². The molecular formula is C15H13N3O4. The van der Waals surface area contributed by atoms with Crippen molar-refractivity contribution in [3.8, 4) is 5.75 Å². The highest BCUT2D eigenvalue weighted by molar-refractivity contribution is 5.95. The number of phenolic OH excluding ortho intramolecular Hbond substituents is 1. The van der Waals surface area contributed by atoms with E-state index in [0.29, 0.717) is 11.1 Å². The minimum atomic E-state index is -0.697. The summed E-state index contributed by atoms with van der Waals surface area (Å²) in [5, 5.41) is 23.8. The normalized spacial score (nSPS) is 10.6. The zero-order chi connectivity index (χ0) is 16.1. The van der Waals surface area contributed by atoms with Crippen LogP contribution in [-0.2, 0) is 0 Å². The molecule has 0 bridgehead atoms. The van der Waals surface area contributed by atoms with Crippen LogP contribution in [0.25, 0.3) is 0 Å². The van der Waals surface area contributed by atoms with Crippen LogP contribution in [0.2, 0.25) is 0 Å². The third kappa shape index (κ3) is 3.66. The zero-order valence-electron chi connectivity index (χ0n) is 11.7. The second-order valence-corrected chi connectivity index (χ2v) is 4.57. The number of benzene rings is 2. The number of nitro groups is 1. The van der Waals surface area contributed by atoms with Crippen molar-refractivity contribution in [3.05, 3.63) is 69.3 Å². The number of phenols is 1. The molecule has 0 aliphatic heterocycles. The van der Waals surface area contributed by atoms with E-state index >= 15 is 0 Å². The molecule has 2 aromatic carbocycles. The van der Waals surface area contributed by atoms with Crippen molar-refractivity contribution < 1.29 is 14.8 Å². The first-order chi connectivity index (χ1) is 10.5. The van der Waals surface area contributed by atoms with Crippen LogP contribution >= 0.6 is 0 Å². The van der Waals surface area contributed by atoms with E-state index in [1.165, 1.54) is 18.3 Å². The highest BCUT2D eigenvalue weighted by Gasteiger charge is 2.12. The van der Waals surface area contributed by atoms with Gasteiger partial charge in [0.15, 0.2) is 5.75 Å². The highest BCUT2D eigenvalue weighted by Crippen LogP contribution is 2.25. The zero-order valence-corrected chi connectivity index (χ0v) is 11.7. The first-order valence-electron chi connectivity index (χ1n) is 6.35. The van der Waals surface area contributed by atoms with Gasteiger partial charge in [0, 0.05) is 17.2 Å². The lowest BCUT2D eigenvalue weighted by Crippen LogP contribution is -2.17. The quantitative estimate of drug-likeness (QED) is 0.513. The first kappa shape index (κ1) is 15.2. The number of carbonyl (C=O) groups excluding carboxylic acids is 1. The average Bonchev–Trinajstić information content (AvgIpc) is 2.49. The highest BCUT2D eigenvalue weighted by atomic mass is 16.6. The molecule has 22 heavy (non-hydrogen) atoms. The van der Waals surface area contributed by atoms with Gasteiger partial charge in [-0.25, -0.2) is 5.43 Å². The Morgan fingerprint density at radius 3 is 2.59 bits per heavy atom. The van der Waals surface area contributed by atoms with Crippen LogP contribution in [0.3, 0.4) is 0 Å². The largest absolute Gasteiger partial charge is 0.502 e. The van der Waals surface area contributed by atoms with Crippen LogP contribution in [0.15, 0.2) is 47.6 Å². The lowest BCUT2D eigenvalue weighted by molar-refractivity contribution is -0.385. The molecule has 112 valence electrons. The van der Waals surface area contributed by atoms with Crippen LogP contribution in [0.5, 0.6) is 5.75 Å². The van der Waals surface area contributed by atoms with Crippen LogP contribution in [0.1, 0.15) is 21.5 Å². The summed E-state index contributed by atoms with van der Waals surface area (Å²) in [7, 11) is 0. The fourth-order valence-corrected chi connectivity index (χ4v) is 1.70. The SMILES string of the molecule is Cc1ccc(C(=O)N/N=C\c2ccc(O)c([N+](=O)[O-])c2)cc1. The summed E-state index contributed by atoms with van der Waals surface area (Å²) in [6, 6.07) is 10.8. The Hall–Kier alpha value is -3.22. The van der Waals surface area contributed by atoms with E-state index in [2.05, 4.69) is 10.5 Å². The molecule has 2 rings (SSSR count). The number of hydrogen-bond donors (Lipinski definition) is 2. The third-order valence-electron chi connectivity index (χ3n) is 2.89. The van der Waals surface area contributed by atoms with Gasteiger partial charge in [0.1, 0.15) is 0 Å². The van der Waals surface area contributed by atoms with Crippen LogP contribution in [-0.4, -0.2) is 22.2 Å². The van der Waals surface area contributed by atoms with Gasteiger partial charge in [0.05, 0.1) is 11.1 Å². The molecule has 0 aromatic heterocycles. The average molecular weight is 299 g/mol. The molecule has 2 N–H and O–H groups in total. The summed E-state index contributed by atoms with van der Waals surface area (Å²) in [5.74, 6) is -0.810. The van der Waals surface area contributed by atoms with Crippen molar-refractivity contribution in [1.82, 2.24) is 5.43 Å². The molecule has 0 saturated carbocycles. The van der Waals surface area contributed by atoms with Crippen molar-refractivity contribution in [2.75, 3.05) is 0 Å². The van der Waals surface area contributed by atoms with E-state index in [9.17, 15) is 20.0 Å². The van der Waals surface area contributed by atoms with Crippen LogP contribution in [0.4, 0.5) is 5.69 Å². The van der Waals surface area contributed by atoms with E-state index in [1.54, 1.807) is 12.1 Å². The molecule has 7 heteroatoms. The maximum absolute atomic E-state index is 11.8. The molecule has 0 radical (unpaired) electrons. The maximum atomic E-state index is 11.8. The Morgan fingerprint density at radius 2 is 1.95 bits per heavy atom. The number of aryl methyl sites for hydroxylation is 1. The van der Waals surface area contributed by atoms with Crippen molar-refractivity contribution in [3.63, 3.8) is 0 Å². The molecule has 0 aliphatic carbocycles. The molecular weight excluding hydrogens is 286 g/mol. The number of hydrogen-bond acceptors (Lipinski definition) is 5. The minimum Gasteiger partial charge on any atom is -0.502 e. The van der Waals surface area contributed by atoms with Gasteiger partial charge in [-0.15, -0.1) is 0 Å². The first-order valence-corrected chi connectivity index (χ1v) is 6.35. The lowest BCUT2D eigenvalue weighted by atomic mass is 10.1. The summed E-state index contributed by atoms with van der Waals surface area (Å²) in [6.07, 6.45) is 1.26. The van der Waals surface area contributed by atoms with Crippen molar-refractivity contribution >= 4 is 17.8 Å². The number of nitrogens with one attached hydrogen (secondary N) is 1. The number of aromatic hydroxyl groups is 1. The molecule has 0 spiro atoms. The Morgan fingerprint density at radius 1 is 1.27 bits per heavy atom. The van der Waals surface area contributed by atoms with Gasteiger partial charge in [-0.2, -0.15) is 5.10 Å². The molecule has 7 nitrogen and oxygen atoms in total. The maximum Gasteiger partial charge on any atom is 0.311 e. The molecule has 0 saturated heterocycles. The van der Waals surface area contributed by atoms with E-state index < -0.39 is 16.4 Å². The van der Waals surface area contributed by atoms with E-state index in [4.69, 9.17) is 0 Å². The topological polar surface area (TPSA) is 105 Å². The fraction of sp³-hybridized carbons (Fsp3) is 0.0667. The summed E-state index contributed by atoms with van der Waals surface area (Å²) >= 11 is 0. The summed E-state index contributed by atoms with van der Waals surface area (Å²) in [6.45, 7) is 1.91. The Bertz CT molecular complexity index is 739. The van der Waals surface area contributed by atoms with Gasteiger partial charge in [-0.1, -0.05) is 17.7 Å². The van der Waals surface area contributed by atoms with Gasteiger partial charge in [-0.05, 0) is 31.2 Å². The van der Waals surface area contributed by atoms with Crippen molar-refractivity contribution in [2.24, 2.45) is 5.10 Å². The van der Waals surface area contributed by atoms with Gasteiger partial charge in [0.2, 0.25) is 0 Å². The Labute approximate surface area is 126 Å². The van der Waals surface area contributed by atoms with Gasteiger partial charge < -0.3 is 5.11 Å². The molecule has 0 heterocycles. The molecule has 2 aromatic rings. The standard InChI is InChI=1S/C15H13N3O4/c1-10-2-5-12(6-3-10)15(20)17-16-9-11-4-7-14(19)13(8-11)18(21)22/h2-9,19H,1H3,(H,17,20)/b16-9-. The predicted octanol–water partition coefficient (Wildman–Crippen LogP) is 2.37. The van der Waals surface area contributed by atoms with Crippen molar-refractivity contribution in [2.45, 2.75) is 6.92 Å². The Kier molecular flexibility index (Phi) is 4.47. The lowest BCUT2D eigenvalue weighted by Gasteiger charge is -2.00. The summed E-state index contributed by atoms with van der Waals surface area (Å²) in [5.41, 5.74) is 3.79. The number of nitro benzene ring substituents is 1. The van der Waals surface area contributed by atoms with Gasteiger partial charge in [-0.3, -0.25) is 14.9 Å². The number of amides is 1. The van der Waals surface area contributed by atoms with E-state index in [1.807, 2.05) is 19.1 Å². The fourth-order valence-electron chi connectivity index (χ4n) is 1.70. The van der Waals surface area contributed by atoms with Gasteiger partial charge in [0.25, 0.3) is 5.91 Å². The Balaban J connectivity index is 2.06. The molecule has 0 aliphatic rings. The number of rotatable bonds is 4. The molecule has 1 amide bonds. The monoisotopic (exact) mass is 299 g/mol. The predicted molar refractivity (Wildman–Crippen MR) is 81.0 cm³/mol. The smallest absolute Gasteiger partial charge is 0.311 e. The summed E-state index contributed by atoms with van der Waals surface area (Å²) in [4.78, 5) is 21.8. The van der Waals surface area contributed by atoms with Gasteiger partial charge >= 0.3 is 5.69 Å². The van der Waals surface area contributed by atoms with E-state index in [0.717, 1.165) is 11.6 Å². The number of hydrazone groups is 1. The molecule has 0 atom stereocenters. The molecule has 0 unspecified atom stereocenters. The van der Waals surface area contributed by atoms with Crippen molar-refractivity contribution in [1.29, 1.82) is 0 Å². The second-order valence-electron chi connectivity index (χ2n) is 4.57. The molecule has 0 fully saturated rings. The number of carbonyl (C=O) groups is 1. The minimum absolute atomic E-state index is 0.383. The van der Waals surface area contributed by atoms with E-state index in [-0.39, 0.29) is 5.91 Å². The second kappa shape index (κ2) is 6.49.